The topological polar surface area (TPSA) is 26.3 Å². The Hall–Kier alpha value is -2.87. The van der Waals surface area contributed by atoms with E-state index in [1.807, 2.05) is 19.1 Å². The molecule has 3 aromatic carbocycles. The molecule has 0 spiro atoms. The molecule has 0 amide bonds. The van der Waals surface area contributed by atoms with Gasteiger partial charge < -0.3 is 4.74 Å². The number of hydrogen-bond donors (Lipinski definition) is 0. The van der Waals surface area contributed by atoms with Gasteiger partial charge in [0.1, 0.15) is 0 Å². The molecular weight excluding hydrogens is 308 g/mol. The van der Waals surface area contributed by atoms with E-state index in [-0.39, 0.29) is 17.8 Å². The maximum absolute atomic E-state index is 12.2. The second kappa shape index (κ2) is 5.32. The van der Waals surface area contributed by atoms with Crippen molar-refractivity contribution in [3.05, 3.63) is 106 Å². The second-order valence-corrected chi connectivity index (χ2v) is 6.69. The zero-order valence-corrected chi connectivity index (χ0v) is 14.0. The highest BCUT2D eigenvalue weighted by Crippen LogP contribution is 2.55. The maximum atomic E-state index is 12.2. The lowest BCUT2D eigenvalue weighted by Crippen LogP contribution is -2.27. The van der Waals surface area contributed by atoms with Gasteiger partial charge in [0.2, 0.25) is 0 Å². The van der Waals surface area contributed by atoms with Crippen molar-refractivity contribution in [2.45, 2.75) is 18.8 Å². The largest absolute Gasteiger partial charge is 0.462 e. The Balaban J connectivity index is 1.75. The molecule has 2 bridgehead atoms. The van der Waals surface area contributed by atoms with Crippen molar-refractivity contribution >= 4 is 5.97 Å². The summed E-state index contributed by atoms with van der Waals surface area (Å²) in [5.41, 5.74) is 8.70. The molecule has 2 heteroatoms. The van der Waals surface area contributed by atoms with E-state index in [2.05, 4.69) is 54.6 Å². The minimum Gasteiger partial charge on any atom is -0.462 e. The highest BCUT2D eigenvalue weighted by molar-refractivity contribution is 5.90. The summed E-state index contributed by atoms with van der Waals surface area (Å²) >= 11 is 0. The van der Waals surface area contributed by atoms with Gasteiger partial charge >= 0.3 is 5.97 Å². The molecule has 6 rings (SSSR count). The first-order valence-electron chi connectivity index (χ1n) is 8.78. The van der Waals surface area contributed by atoms with Gasteiger partial charge in [0.25, 0.3) is 0 Å². The number of carbonyl (C=O) groups excluding carboxylic acids is 1. The molecule has 0 radical (unpaired) electrons. The predicted molar refractivity (Wildman–Crippen MR) is 97.2 cm³/mol. The molecule has 3 aliphatic rings. The van der Waals surface area contributed by atoms with Crippen LogP contribution in [0.15, 0.2) is 66.7 Å². The summed E-state index contributed by atoms with van der Waals surface area (Å²) in [4.78, 5) is 12.2. The molecule has 2 nitrogen and oxygen atoms in total. The first kappa shape index (κ1) is 14.5. The molecule has 0 saturated heterocycles. The molecule has 3 aliphatic carbocycles. The van der Waals surface area contributed by atoms with Gasteiger partial charge in [0, 0.05) is 11.8 Å². The van der Waals surface area contributed by atoms with Crippen LogP contribution in [0, 0.1) is 0 Å². The second-order valence-electron chi connectivity index (χ2n) is 6.69. The Morgan fingerprint density at radius 3 is 1.76 bits per heavy atom. The Morgan fingerprint density at radius 2 is 1.24 bits per heavy atom. The Bertz CT molecular complexity index is 955. The van der Waals surface area contributed by atoms with E-state index in [1.165, 1.54) is 33.4 Å². The van der Waals surface area contributed by atoms with Crippen molar-refractivity contribution in [1.82, 2.24) is 0 Å². The van der Waals surface area contributed by atoms with Crippen LogP contribution < -0.4 is 0 Å². The van der Waals surface area contributed by atoms with Crippen LogP contribution in [0.2, 0.25) is 0 Å². The smallest absolute Gasteiger partial charge is 0.338 e. The molecule has 25 heavy (non-hydrogen) atoms. The summed E-state index contributed by atoms with van der Waals surface area (Å²) in [6.07, 6.45) is 0. The average molecular weight is 326 g/mol. The molecule has 0 aromatic heterocycles. The SMILES string of the molecule is CCOC(=O)c1ccc2c(c1)C1c3ccccc3C2c2ccccc21. The maximum Gasteiger partial charge on any atom is 0.338 e. The Labute approximate surface area is 147 Å². The van der Waals surface area contributed by atoms with E-state index in [0.717, 1.165) is 0 Å². The van der Waals surface area contributed by atoms with Crippen LogP contribution >= 0.6 is 0 Å². The summed E-state index contributed by atoms with van der Waals surface area (Å²) < 4.78 is 5.20. The summed E-state index contributed by atoms with van der Waals surface area (Å²) in [6, 6.07) is 23.4. The van der Waals surface area contributed by atoms with Crippen LogP contribution in [0.4, 0.5) is 0 Å². The fourth-order valence-corrected chi connectivity index (χ4v) is 4.51. The van der Waals surface area contributed by atoms with Gasteiger partial charge in [0.15, 0.2) is 0 Å². The van der Waals surface area contributed by atoms with E-state index in [1.54, 1.807) is 0 Å². The van der Waals surface area contributed by atoms with Crippen molar-refractivity contribution in [1.29, 1.82) is 0 Å². The van der Waals surface area contributed by atoms with Crippen LogP contribution in [0.3, 0.4) is 0 Å². The van der Waals surface area contributed by atoms with E-state index < -0.39 is 0 Å². The van der Waals surface area contributed by atoms with Crippen LogP contribution in [0.5, 0.6) is 0 Å². The monoisotopic (exact) mass is 326 g/mol. The number of hydrogen-bond acceptors (Lipinski definition) is 2. The van der Waals surface area contributed by atoms with Crippen molar-refractivity contribution in [3.63, 3.8) is 0 Å². The van der Waals surface area contributed by atoms with Crippen LogP contribution in [0.1, 0.15) is 62.5 Å². The van der Waals surface area contributed by atoms with Crippen LogP contribution in [0.25, 0.3) is 0 Å². The summed E-state index contributed by atoms with van der Waals surface area (Å²) in [5, 5.41) is 0. The number of benzene rings is 3. The fraction of sp³-hybridized carbons (Fsp3) is 0.174. The predicted octanol–water partition coefficient (Wildman–Crippen LogP) is 4.85. The molecule has 122 valence electrons. The summed E-state index contributed by atoms with van der Waals surface area (Å²) in [7, 11) is 0. The Morgan fingerprint density at radius 1 is 0.760 bits per heavy atom. The number of esters is 1. The minimum atomic E-state index is -0.242. The van der Waals surface area contributed by atoms with Crippen LogP contribution in [-0.4, -0.2) is 12.6 Å². The summed E-state index contributed by atoms with van der Waals surface area (Å²) in [6.45, 7) is 2.23. The third kappa shape index (κ3) is 1.94. The number of rotatable bonds is 2. The third-order valence-electron chi connectivity index (χ3n) is 5.46. The third-order valence-corrected chi connectivity index (χ3v) is 5.46. The van der Waals surface area contributed by atoms with E-state index in [0.29, 0.717) is 12.2 Å². The van der Waals surface area contributed by atoms with Gasteiger partial charge in [-0.2, -0.15) is 0 Å². The highest BCUT2D eigenvalue weighted by atomic mass is 16.5. The summed E-state index contributed by atoms with van der Waals surface area (Å²) in [5.74, 6) is 0.207. The van der Waals surface area contributed by atoms with Crippen molar-refractivity contribution in [3.8, 4) is 0 Å². The van der Waals surface area contributed by atoms with Gasteiger partial charge in [-0.1, -0.05) is 54.6 Å². The standard InChI is InChI=1S/C23H18O2/c1-2-25-23(24)14-11-12-19-20(13-14)22-17-9-5-3-7-15(17)21(19)16-8-4-6-10-18(16)22/h3-13,21-22H,2H2,1H3. The Kier molecular flexibility index (Phi) is 3.08. The molecule has 0 atom stereocenters. The molecule has 3 aromatic rings. The first-order chi connectivity index (χ1) is 12.3. The quantitative estimate of drug-likeness (QED) is 0.433. The minimum absolute atomic E-state index is 0.196. The number of carbonyl (C=O) groups is 1. The molecule has 0 heterocycles. The van der Waals surface area contributed by atoms with Crippen LogP contribution in [-0.2, 0) is 4.74 Å². The number of ether oxygens (including phenoxy) is 1. The molecule has 0 unspecified atom stereocenters. The van der Waals surface area contributed by atoms with Gasteiger partial charge in [-0.25, -0.2) is 4.79 Å². The van der Waals surface area contributed by atoms with Crippen molar-refractivity contribution in [2.75, 3.05) is 6.61 Å². The van der Waals surface area contributed by atoms with E-state index in [4.69, 9.17) is 4.74 Å². The molecular formula is C23H18O2. The normalized spacial score (nSPS) is 18.9. The molecule has 0 fully saturated rings. The van der Waals surface area contributed by atoms with E-state index >= 15 is 0 Å². The highest BCUT2D eigenvalue weighted by Gasteiger charge is 2.41. The lowest BCUT2D eigenvalue weighted by molar-refractivity contribution is 0.0526. The lowest BCUT2D eigenvalue weighted by atomic mass is 9.61. The van der Waals surface area contributed by atoms with Crippen molar-refractivity contribution in [2.24, 2.45) is 0 Å². The zero-order valence-electron chi connectivity index (χ0n) is 14.0. The van der Waals surface area contributed by atoms with Gasteiger partial charge in [-0.15, -0.1) is 0 Å². The zero-order chi connectivity index (χ0) is 17.0. The van der Waals surface area contributed by atoms with Gasteiger partial charge in [0.05, 0.1) is 12.2 Å². The lowest BCUT2D eigenvalue weighted by Gasteiger charge is -2.42. The fourth-order valence-electron chi connectivity index (χ4n) is 4.51. The molecule has 0 aliphatic heterocycles. The van der Waals surface area contributed by atoms with Gasteiger partial charge in [-0.05, 0) is 52.4 Å². The average Bonchev–Trinajstić information content (AvgIpc) is 2.67. The van der Waals surface area contributed by atoms with Crippen molar-refractivity contribution < 1.29 is 9.53 Å². The van der Waals surface area contributed by atoms with E-state index in [9.17, 15) is 4.79 Å². The molecule has 0 N–H and O–H groups in total. The van der Waals surface area contributed by atoms with Gasteiger partial charge in [-0.3, -0.25) is 0 Å². The first-order valence-corrected chi connectivity index (χ1v) is 8.78. The molecule has 0 saturated carbocycles.